The van der Waals surface area contributed by atoms with E-state index in [9.17, 15) is 0 Å². The van der Waals surface area contributed by atoms with Crippen molar-refractivity contribution in [3.8, 4) is 0 Å². The van der Waals surface area contributed by atoms with Crippen LogP contribution in [-0.2, 0) is 6.42 Å². The SMILES string of the molecule is CCCC1CCC(C(Cc2c(C)cccc2C)NC)CC1. The van der Waals surface area contributed by atoms with Gasteiger partial charge in [-0.2, -0.15) is 0 Å². The molecular weight excluding hydrogens is 254 g/mol. The van der Waals surface area contributed by atoms with E-state index >= 15 is 0 Å². The van der Waals surface area contributed by atoms with Gasteiger partial charge in [-0.15, -0.1) is 0 Å². The van der Waals surface area contributed by atoms with Crippen molar-refractivity contribution in [1.29, 1.82) is 0 Å². The maximum Gasteiger partial charge on any atom is 0.0133 e. The Kier molecular flexibility index (Phi) is 6.29. The van der Waals surface area contributed by atoms with Gasteiger partial charge in [0.1, 0.15) is 0 Å². The standard InChI is InChI=1S/C20H33N/c1-5-7-17-10-12-18(13-11-17)20(21-4)14-19-15(2)8-6-9-16(19)3/h6,8-9,17-18,20-21H,5,7,10-14H2,1-4H3. The van der Waals surface area contributed by atoms with Gasteiger partial charge < -0.3 is 5.32 Å². The van der Waals surface area contributed by atoms with Crippen LogP contribution in [0.2, 0.25) is 0 Å². The van der Waals surface area contributed by atoms with Gasteiger partial charge in [0, 0.05) is 6.04 Å². The lowest BCUT2D eigenvalue weighted by Gasteiger charge is -2.34. The molecule has 0 bridgehead atoms. The minimum atomic E-state index is 0.646. The zero-order chi connectivity index (χ0) is 15.2. The molecule has 0 aromatic heterocycles. The molecule has 1 aromatic carbocycles. The van der Waals surface area contributed by atoms with Gasteiger partial charge in [-0.1, -0.05) is 50.8 Å². The molecule has 1 nitrogen and oxygen atoms in total. The Bertz CT molecular complexity index is 409. The van der Waals surface area contributed by atoms with E-state index in [2.05, 4.69) is 51.3 Å². The first-order valence-electron chi connectivity index (χ1n) is 8.88. The van der Waals surface area contributed by atoms with Gasteiger partial charge in [-0.05, 0) is 68.7 Å². The lowest BCUT2D eigenvalue weighted by molar-refractivity contribution is 0.217. The molecule has 1 aliphatic carbocycles. The van der Waals surface area contributed by atoms with Crippen LogP contribution in [0.25, 0.3) is 0 Å². The molecule has 1 atom stereocenters. The summed E-state index contributed by atoms with van der Waals surface area (Å²) in [5, 5.41) is 3.62. The second-order valence-corrected chi connectivity index (χ2v) is 7.04. The number of rotatable bonds is 6. The fourth-order valence-electron chi connectivity index (χ4n) is 4.18. The van der Waals surface area contributed by atoms with Crippen LogP contribution in [0.1, 0.15) is 62.1 Å². The van der Waals surface area contributed by atoms with Crippen LogP contribution in [0.3, 0.4) is 0 Å². The van der Waals surface area contributed by atoms with Gasteiger partial charge in [-0.25, -0.2) is 0 Å². The van der Waals surface area contributed by atoms with E-state index in [0.717, 1.165) is 11.8 Å². The molecule has 1 fully saturated rings. The Balaban J connectivity index is 1.98. The van der Waals surface area contributed by atoms with Crippen LogP contribution in [-0.4, -0.2) is 13.1 Å². The quantitative estimate of drug-likeness (QED) is 0.773. The molecule has 0 radical (unpaired) electrons. The minimum absolute atomic E-state index is 0.646. The average molecular weight is 287 g/mol. The Morgan fingerprint density at radius 3 is 2.24 bits per heavy atom. The number of benzene rings is 1. The smallest absolute Gasteiger partial charge is 0.0133 e. The molecule has 1 aliphatic rings. The fourth-order valence-corrected chi connectivity index (χ4v) is 4.18. The summed E-state index contributed by atoms with van der Waals surface area (Å²) in [4.78, 5) is 0. The topological polar surface area (TPSA) is 12.0 Å². The van der Waals surface area contributed by atoms with Crippen LogP contribution < -0.4 is 5.32 Å². The maximum atomic E-state index is 3.62. The van der Waals surface area contributed by atoms with Crippen molar-refractivity contribution >= 4 is 0 Å². The van der Waals surface area contributed by atoms with Crippen molar-refractivity contribution in [3.05, 3.63) is 34.9 Å². The van der Waals surface area contributed by atoms with Gasteiger partial charge in [0.2, 0.25) is 0 Å². The molecule has 1 heteroatoms. The van der Waals surface area contributed by atoms with Gasteiger partial charge in [0.25, 0.3) is 0 Å². The summed E-state index contributed by atoms with van der Waals surface area (Å²) in [7, 11) is 2.15. The molecule has 0 aliphatic heterocycles. The van der Waals surface area contributed by atoms with Crippen LogP contribution in [0.15, 0.2) is 18.2 Å². The normalized spacial score (nSPS) is 24.0. The monoisotopic (exact) mass is 287 g/mol. The number of likely N-dealkylation sites (N-methyl/N-ethyl adjacent to an activating group) is 1. The second-order valence-electron chi connectivity index (χ2n) is 7.04. The highest BCUT2D eigenvalue weighted by Crippen LogP contribution is 2.34. The average Bonchev–Trinajstić information content (AvgIpc) is 2.49. The molecule has 2 rings (SSSR count). The largest absolute Gasteiger partial charge is 0.316 e. The summed E-state index contributed by atoms with van der Waals surface area (Å²) in [6.07, 6.45) is 9.72. The van der Waals surface area contributed by atoms with E-state index in [1.165, 1.54) is 56.1 Å². The first kappa shape index (κ1) is 16.5. The first-order valence-corrected chi connectivity index (χ1v) is 8.88. The van der Waals surface area contributed by atoms with Crippen molar-refractivity contribution < 1.29 is 0 Å². The van der Waals surface area contributed by atoms with E-state index in [1.54, 1.807) is 5.56 Å². The Morgan fingerprint density at radius 1 is 1.10 bits per heavy atom. The van der Waals surface area contributed by atoms with E-state index in [-0.39, 0.29) is 0 Å². The highest BCUT2D eigenvalue weighted by atomic mass is 14.9. The summed E-state index contributed by atoms with van der Waals surface area (Å²) in [6, 6.07) is 7.34. The lowest BCUT2D eigenvalue weighted by Crippen LogP contribution is -2.38. The van der Waals surface area contributed by atoms with Crippen LogP contribution in [0, 0.1) is 25.7 Å². The molecule has 21 heavy (non-hydrogen) atoms. The van der Waals surface area contributed by atoms with Crippen LogP contribution >= 0.6 is 0 Å². The third kappa shape index (κ3) is 4.32. The molecule has 0 saturated heterocycles. The second kappa shape index (κ2) is 7.98. The Hall–Kier alpha value is -0.820. The highest BCUT2D eigenvalue weighted by Gasteiger charge is 2.27. The summed E-state index contributed by atoms with van der Waals surface area (Å²) in [5.74, 6) is 1.87. The molecule has 1 N–H and O–H groups in total. The van der Waals surface area contributed by atoms with E-state index in [4.69, 9.17) is 0 Å². The fraction of sp³-hybridized carbons (Fsp3) is 0.700. The summed E-state index contributed by atoms with van der Waals surface area (Å²) >= 11 is 0. The van der Waals surface area contributed by atoms with E-state index in [1.807, 2.05) is 0 Å². The molecule has 0 spiro atoms. The number of aryl methyl sites for hydroxylation is 2. The van der Waals surface area contributed by atoms with Gasteiger partial charge in [0.05, 0.1) is 0 Å². The van der Waals surface area contributed by atoms with Gasteiger partial charge in [-0.3, -0.25) is 0 Å². The van der Waals surface area contributed by atoms with Crippen LogP contribution in [0.5, 0.6) is 0 Å². The van der Waals surface area contributed by atoms with Crippen molar-refractivity contribution in [3.63, 3.8) is 0 Å². The molecule has 118 valence electrons. The third-order valence-electron chi connectivity index (χ3n) is 5.60. The van der Waals surface area contributed by atoms with Gasteiger partial charge in [0.15, 0.2) is 0 Å². The van der Waals surface area contributed by atoms with Crippen LogP contribution in [0.4, 0.5) is 0 Å². The predicted octanol–water partition coefficient (Wildman–Crippen LogP) is 5.04. The molecule has 1 aromatic rings. The summed E-state index contributed by atoms with van der Waals surface area (Å²) in [5.41, 5.74) is 4.47. The molecule has 0 heterocycles. The maximum absolute atomic E-state index is 3.62. The zero-order valence-corrected chi connectivity index (χ0v) is 14.4. The Labute approximate surface area is 131 Å². The van der Waals surface area contributed by atoms with Crippen molar-refractivity contribution in [1.82, 2.24) is 5.32 Å². The first-order chi connectivity index (χ1) is 10.2. The van der Waals surface area contributed by atoms with E-state index in [0.29, 0.717) is 6.04 Å². The molecule has 1 unspecified atom stereocenters. The highest BCUT2D eigenvalue weighted by molar-refractivity contribution is 5.34. The molecule has 0 amide bonds. The summed E-state index contributed by atoms with van der Waals surface area (Å²) < 4.78 is 0. The summed E-state index contributed by atoms with van der Waals surface area (Å²) in [6.45, 7) is 6.84. The van der Waals surface area contributed by atoms with Crippen molar-refractivity contribution in [2.45, 2.75) is 71.8 Å². The molecular formula is C20H33N. The zero-order valence-electron chi connectivity index (χ0n) is 14.4. The predicted molar refractivity (Wildman–Crippen MR) is 92.8 cm³/mol. The number of hydrogen-bond donors (Lipinski definition) is 1. The number of hydrogen-bond acceptors (Lipinski definition) is 1. The lowest BCUT2D eigenvalue weighted by atomic mass is 9.75. The molecule has 1 saturated carbocycles. The van der Waals surface area contributed by atoms with Gasteiger partial charge >= 0.3 is 0 Å². The van der Waals surface area contributed by atoms with E-state index < -0.39 is 0 Å². The minimum Gasteiger partial charge on any atom is -0.316 e. The Morgan fingerprint density at radius 2 is 1.71 bits per heavy atom. The third-order valence-corrected chi connectivity index (χ3v) is 5.60. The van der Waals surface area contributed by atoms with Crippen molar-refractivity contribution in [2.75, 3.05) is 7.05 Å². The number of nitrogens with one attached hydrogen (secondary N) is 1. The van der Waals surface area contributed by atoms with Crippen molar-refractivity contribution in [2.24, 2.45) is 11.8 Å².